The molecule has 13 heavy (non-hydrogen) atoms. The van der Waals surface area contributed by atoms with Crippen LogP contribution in [0.4, 0.5) is 4.39 Å². The molecule has 0 saturated carbocycles. The predicted octanol–water partition coefficient (Wildman–Crippen LogP) is 3.94. The second kappa shape index (κ2) is 3.00. The molecule has 0 unspecified atom stereocenters. The summed E-state index contributed by atoms with van der Waals surface area (Å²) in [5.41, 5.74) is 1.00. The number of hydrogen-bond acceptors (Lipinski definition) is 0. The van der Waals surface area contributed by atoms with E-state index in [1.165, 1.54) is 6.07 Å². The first-order chi connectivity index (χ1) is 6.20. The van der Waals surface area contributed by atoms with E-state index in [0.29, 0.717) is 0 Å². The van der Waals surface area contributed by atoms with Crippen molar-refractivity contribution in [1.29, 1.82) is 0 Å². The van der Waals surface area contributed by atoms with Crippen LogP contribution in [0.3, 0.4) is 0 Å². The summed E-state index contributed by atoms with van der Waals surface area (Å²) in [6, 6.07) is 8.92. The van der Waals surface area contributed by atoms with Gasteiger partial charge >= 0.3 is 0 Å². The Labute approximate surface area is 80.9 Å². The molecule has 2 aromatic carbocycles. The number of rotatable bonds is 0. The zero-order valence-electron chi connectivity index (χ0n) is 7.14. The molecule has 0 spiro atoms. The molecule has 0 atom stereocenters. The molecule has 2 aromatic rings. The minimum absolute atomic E-state index is 0.218. The van der Waals surface area contributed by atoms with E-state index in [9.17, 15) is 4.39 Å². The van der Waals surface area contributed by atoms with Crippen LogP contribution in [0.25, 0.3) is 10.8 Å². The van der Waals surface area contributed by atoms with Crippen LogP contribution >= 0.6 is 11.6 Å². The normalized spacial score (nSPS) is 10.7. The van der Waals surface area contributed by atoms with Crippen LogP contribution in [0.15, 0.2) is 30.3 Å². The van der Waals surface area contributed by atoms with Crippen molar-refractivity contribution < 1.29 is 4.39 Å². The van der Waals surface area contributed by atoms with E-state index in [2.05, 4.69) is 0 Å². The quantitative estimate of drug-likeness (QED) is 0.596. The fraction of sp³-hybridized carbons (Fsp3) is 0.0909. The molecule has 0 heterocycles. The zero-order chi connectivity index (χ0) is 9.42. The molecule has 0 aliphatic carbocycles. The van der Waals surface area contributed by atoms with Crippen LogP contribution in [0.2, 0.25) is 5.02 Å². The van der Waals surface area contributed by atoms with Crippen LogP contribution in [0, 0.1) is 12.7 Å². The number of halogens is 2. The van der Waals surface area contributed by atoms with Gasteiger partial charge in [0.25, 0.3) is 0 Å². The highest BCUT2D eigenvalue weighted by Crippen LogP contribution is 2.28. The van der Waals surface area contributed by atoms with Gasteiger partial charge in [-0.2, -0.15) is 0 Å². The van der Waals surface area contributed by atoms with E-state index < -0.39 is 0 Å². The number of aryl methyl sites for hydroxylation is 1. The Morgan fingerprint density at radius 3 is 2.69 bits per heavy atom. The lowest BCUT2D eigenvalue weighted by atomic mass is 10.1. The van der Waals surface area contributed by atoms with Crippen LogP contribution in [-0.4, -0.2) is 0 Å². The van der Waals surface area contributed by atoms with Crippen LogP contribution in [0.1, 0.15) is 5.56 Å². The summed E-state index contributed by atoms with van der Waals surface area (Å²) in [6.07, 6.45) is 0. The maximum Gasteiger partial charge on any atom is 0.142 e. The molecule has 0 fully saturated rings. The average molecular weight is 195 g/mol. The molecule has 66 valence electrons. The predicted molar refractivity (Wildman–Crippen MR) is 53.7 cm³/mol. The third kappa shape index (κ3) is 1.29. The fourth-order valence-corrected chi connectivity index (χ4v) is 1.81. The van der Waals surface area contributed by atoms with E-state index >= 15 is 0 Å². The van der Waals surface area contributed by atoms with E-state index in [4.69, 9.17) is 11.6 Å². The Balaban J connectivity index is 2.97. The fourth-order valence-electron chi connectivity index (χ4n) is 1.48. The maximum absolute atomic E-state index is 13.1. The zero-order valence-corrected chi connectivity index (χ0v) is 7.90. The van der Waals surface area contributed by atoms with Crippen molar-refractivity contribution in [3.63, 3.8) is 0 Å². The molecule has 2 rings (SSSR count). The summed E-state index contributed by atoms with van der Waals surface area (Å²) in [7, 11) is 0. The highest BCUT2D eigenvalue weighted by atomic mass is 35.5. The molecule has 0 amide bonds. The lowest BCUT2D eigenvalue weighted by Gasteiger charge is -2.04. The third-order valence-corrected chi connectivity index (χ3v) is 2.51. The van der Waals surface area contributed by atoms with Gasteiger partial charge in [0.2, 0.25) is 0 Å². The van der Waals surface area contributed by atoms with Gasteiger partial charge in [0.05, 0.1) is 5.02 Å². The first-order valence-electron chi connectivity index (χ1n) is 4.03. The van der Waals surface area contributed by atoms with Crippen molar-refractivity contribution in [2.24, 2.45) is 0 Å². The van der Waals surface area contributed by atoms with Crippen molar-refractivity contribution in [2.75, 3.05) is 0 Å². The summed E-state index contributed by atoms with van der Waals surface area (Å²) in [4.78, 5) is 0. The highest BCUT2D eigenvalue weighted by Gasteiger charge is 2.06. The van der Waals surface area contributed by atoms with E-state index in [-0.39, 0.29) is 10.8 Å². The van der Waals surface area contributed by atoms with Crippen LogP contribution in [0.5, 0.6) is 0 Å². The molecule has 0 saturated heterocycles. The molecule has 0 aliphatic rings. The van der Waals surface area contributed by atoms with Crippen molar-refractivity contribution >= 4 is 22.4 Å². The summed E-state index contributed by atoms with van der Waals surface area (Å²) in [5.74, 6) is -0.358. The summed E-state index contributed by atoms with van der Waals surface area (Å²) >= 11 is 5.86. The van der Waals surface area contributed by atoms with Gasteiger partial charge in [-0.1, -0.05) is 35.9 Å². The second-order valence-corrected chi connectivity index (χ2v) is 3.41. The lowest BCUT2D eigenvalue weighted by molar-refractivity contribution is 0.630. The van der Waals surface area contributed by atoms with Crippen LogP contribution in [-0.2, 0) is 0 Å². The van der Waals surface area contributed by atoms with Gasteiger partial charge in [0.15, 0.2) is 0 Å². The topological polar surface area (TPSA) is 0 Å². The number of benzene rings is 2. The van der Waals surface area contributed by atoms with Crippen LogP contribution < -0.4 is 0 Å². The van der Waals surface area contributed by atoms with E-state index in [1.54, 1.807) is 6.07 Å². The minimum atomic E-state index is -0.358. The van der Waals surface area contributed by atoms with E-state index in [0.717, 1.165) is 16.3 Å². The third-order valence-electron chi connectivity index (χ3n) is 2.14. The Morgan fingerprint density at radius 1 is 1.15 bits per heavy atom. The molecule has 0 nitrogen and oxygen atoms in total. The van der Waals surface area contributed by atoms with Gasteiger partial charge in [-0.15, -0.1) is 0 Å². The maximum atomic E-state index is 13.1. The molecule has 2 heteroatoms. The molecule has 0 N–H and O–H groups in total. The monoisotopic (exact) mass is 194 g/mol. The Hall–Kier alpha value is -1.08. The molecular formula is C11H8ClF. The SMILES string of the molecule is Cc1cccc2ccc(F)c(Cl)c12. The molecule has 0 aliphatic heterocycles. The average Bonchev–Trinajstić information content (AvgIpc) is 2.12. The van der Waals surface area contributed by atoms with Gasteiger partial charge in [-0.05, 0) is 23.9 Å². The Kier molecular flexibility index (Phi) is 1.97. The van der Waals surface area contributed by atoms with Gasteiger partial charge in [-0.3, -0.25) is 0 Å². The van der Waals surface area contributed by atoms with Crippen molar-refractivity contribution in [2.45, 2.75) is 6.92 Å². The largest absolute Gasteiger partial charge is 0.205 e. The Bertz CT molecular complexity index is 463. The van der Waals surface area contributed by atoms with Crippen molar-refractivity contribution in [1.82, 2.24) is 0 Å². The summed E-state index contributed by atoms with van der Waals surface area (Å²) < 4.78 is 13.1. The number of fused-ring (bicyclic) bond motifs is 1. The standard InChI is InChI=1S/C11H8ClF/c1-7-3-2-4-8-5-6-9(13)11(12)10(7)8/h2-6H,1H3. The second-order valence-electron chi connectivity index (χ2n) is 3.03. The lowest BCUT2D eigenvalue weighted by Crippen LogP contribution is -1.83. The van der Waals surface area contributed by atoms with E-state index in [1.807, 2.05) is 25.1 Å². The van der Waals surface area contributed by atoms with Crippen molar-refractivity contribution in [3.05, 3.63) is 46.7 Å². The molecule has 0 bridgehead atoms. The summed E-state index contributed by atoms with van der Waals surface area (Å²) in [5, 5.41) is 2.01. The van der Waals surface area contributed by atoms with Gasteiger partial charge < -0.3 is 0 Å². The molecular weight excluding hydrogens is 187 g/mol. The molecule has 0 radical (unpaired) electrons. The van der Waals surface area contributed by atoms with Gasteiger partial charge in [-0.25, -0.2) is 4.39 Å². The summed E-state index contributed by atoms with van der Waals surface area (Å²) in [6.45, 7) is 1.92. The van der Waals surface area contributed by atoms with Gasteiger partial charge in [0.1, 0.15) is 5.82 Å². The smallest absolute Gasteiger partial charge is 0.142 e. The Morgan fingerprint density at radius 2 is 1.92 bits per heavy atom. The molecule has 0 aromatic heterocycles. The van der Waals surface area contributed by atoms with Gasteiger partial charge in [0, 0.05) is 5.39 Å². The first kappa shape index (κ1) is 8.52. The minimum Gasteiger partial charge on any atom is -0.205 e. The van der Waals surface area contributed by atoms with Crippen molar-refractivity contribution in [3.8, 4) is 0 Å². The highest BCUT2D eigenvalue weighted by molar-refractivity contribution is 6.35. The first-order valence-corrected chi connectivity index (χ1v) is 4.41. The number of hydrogen-bond donors (Lipinski definition) is 0.